The molecule has 188 valence electrons. The van der Waals surface area contributed by atoms with E-state index in [1.807, 2.05) is 70.2 Å². The van der Waals surface area contributed by atoms with Crippen LogP contribution in [0.4, 0.5) is 5.69 Å². The van der Waals surface area contributed by atoms with Gasteiger partial charge in [-0.2, -0.15) is 0 Å². The highest BCUT2D eigenvalue weighted by Gasteiger charge is 2.48. The van der Waals surface area contributed by atoms with E-state index in [-0.39, 0.29) is 29.7 Å². The van der Waals surface area contributed by atoms with Crippen LogP contribution in [0.3, 0.4) is 0 Å². The van der Waals surface area contributed by atoms with Gasteiger partial charge in [-0.15, -0.1) is 0 Å². The molecular weight excluding hydrogens is 454 g/mol. The summed E-state index contributed by atoms with van der Waals surface area (Å²) in [6.45, 7) is 10.5. The molecule has 8 heteroatoms. The topological polar surface area (TPSA) is 96.3 Å². The van der Waals surface area contributed by atoms with E-state index in [1.54, 1.807) is 16.4 Å². The number of benzene rings is 2. The van der Waals surface area contributed by atoms with Gasteiger partial charge in [-0.05, 0) is 50.8 Å². The summed E-state index contributed by atoms with van der Waals surface area (Å²) in [5.41, 5.74) is 3.83. The third-order valence-corrected chi connectivity index (χ3v) is 6.80. The summed E-state index contributed by atoms with van der Waals surface area (Å²) < 4.78 is 1.62. The molecular formula is C28H33N5O3. The first-order chi connectivity index (χ1) is 17.2. The van der Waals surface area contributed by atoms with Gasteiger partial charge in [0.25, 0.3) is 11.8 Å². The summed E-state index contributed by atoms with van der Waals surface area (Å²) in [5, 5.41) is 5.92. The van der Waals surface area contributed by atoms with Gasteiger partial charge in [0.05, 0.1) is 12.9 Å². The molecule has 1 aromatic heterocycles. The molecule has 0 saturated heterocycles. The predicted octanol–water partition coefficient (Wildman–Crippen LogP) is 4.00. The van der Waals surface area contributed by atoms with E-state index in [1.165, 1.54) is 6.33 Å². The summed E-state index contributed by atoms with van der Waals surface area (Å²) in [7, 11) is 0. The minimum absolute atomic E-state index is 0.0610. The highest BCUT2D eigenvalue weighted by atomic mass is 16.2. The van der Waals surface area contributed by atoms with Crippen molar-refractivity contribution in [2.45, 2.75) is 59.7 Å². The maximum absolute atomic E-state index is 13.7. The molecule has 2 heterocycles. The number of aromatic nitrogens is 2. The van der Waals surface area contributed by atoms with Crippen LogP contribution in [0.15, 0.2) is 48.8 Å². The second-order valence-corrected chi connectivity index (χ2v) is 9.69. The fourth-order valence-corrected chi connectivity index (χ4v) is 4.69. The highest BCUT2D eigenvalue weighted by Crippen LogP contribution is 2.30. The number of imidazole rings is 1. The second-order valence-electron chi connectivity index (χ2n) is 9.69. The molecule has 1 aliphatic heterocycles. The Balaban J connectivity index is 1.60. The van der Waals surface area contributed by atoms with E-state index in [4.69, 9.17) is 0 Å². The number of anilines is 1. The predicted molar refractivity (Wildman–Crippen MR) is 139 cm³/mol. The van der Waals surface area contributed by atoms with Crippen LogP contribution in [0.25, 0.3) is 0 Å². The van der Waals surface area contributed by atoms with Crippen LogP contribution >= 0.6 is 0 Å². The van der Waals surface area contributed by atoms with Crippen molar-refractivity contribution >= 4 is 23.4 Å². The lowest BCUT2D eigenvalue weighted by Crippen LogP contribution is -2.64. The van der Waals surface area contributed by atoms with E-state index in [9.17, 15) is 14.4 Å². The van der Waals surface area contributed by atoms with Gasteiger partial charge in [-0.3, -0.25) is 14.4 Å². The first kappa shape index (κ1) is 25.2. The summed E-state index contributed by atoms with van der Waals surface area (Å²) in [4.78, 5) is 46.2. The minimum atomic E-state index is -1.12. The Morgan fingerprint density at radius 1 is 1.06 bits per heavy atom. The van der Waals surface area contributed by atoms with Crippen molar-refractivity contribution in [2.24, 2.45) is 0 Å². The number of carbonyl (C=O) groups excluding carboxylic acids is 3. The van der Waals surface area contributed by atoms with Crippen molar-refractivity contribution < 1.29 is 14.4 Å². The van der Waals surface area contributed by atoms with Gasteiger partial charge in [0.15, 0.2) is 5.69 Å². The third kappa shape index (κ3) is 4.63. The van der Waals surface area contributed by atoms with Gasteiger partial charge in [0, 0.05) is 18.8 Å². The summed E-state index contributed by atoms with van der Waals surface area (Å²) in [5.74, 6) is -1.07. The first-order valence-corrected chi connectivity index (χ1v) is 12.2. The Labute approximate surface area is 211 Å². The Morgan fingerprint density at radius 3 is 2.36 bits per heavy atom. The molecule has 0 unspecified atom stereocenters. The molecule has 0 saturated carbocycles. The molecule has 3 aromatic rings. The van der Waals surface area contributed by atoms with Crippen LogP contribution in [0.5, 0.6) is 0 Å². The largest absolute Gasteiger partial charge is 0.350 e. The van der Waals surface area contributed by atoms with Crippen molar-refractivity contribution in [3.63, 3.8) is 0 Å². The fraction of sp³-hybridized carbons (Fsp3) is 0.357. The van der Waals surface area contributed by atoms with Gasteiger partial charge in [-0.25, -0.2) is 4.98 Å². The van der Waals surface area contributed by atoms with Gasteiger partial charge >= 0.3 is 0 Å². The number of hydrogen-bond acceptors (Lipinski definition) is 4. The van der Waals surface area contributed by atoms with Crippen molar-refractivity contribution in [2.75, 3.05) is 11.9 Å². The van der Waals surface area contributed by atoms with Gasteiger partial charge in [-0.1, -0.05) is 55.0 Å². The molecule has 1 atom stereocenters. The number of carbonyl (C=O) groups is 3. The lowest BCUT2D eigenvalue weighted by molar-refractivity contribution is -0.133. The van der Waals surface area contributed by atoms with Crippen molar-refractivity contribution in [1.82, 2.24) is 19.8 Å². The lowest BCUT2D eigenvalue weighted by atomic mass is 9.93. The zero-order valence-corrected chi connectivity index (χ0v) is 21.5. The molecule has 4 rings (SSSR count). The average Bonchev–Trinajstić information content (AvgIpc) is 3.27. The third-order valence-electron chi connectivity index (χ3n) is 6.80. The quantitative estimate of drug-likeness (QED) is 0.527. The SMILES string of the molecule is CCCN1C(=O)c2c(C(=O)Nc3c(C)cccc3C)ncn2C[C@]1(C)C(=O)NCc1ccc(C)cc1. The number of rotatable bonds is 7. The first-order valence-electron chi connectivity index (χ1n) is 12.2. The van der Waals surface area contributed by atoms with Gasteiger partial charge in [0.2, 0.25) is 5.91 Å². The number of amides is 3. The zero-order valence-electron chi connectivity index (χ0n) is 21.5. The number of hydrogen-bond donors (Lipinski definition) is 2. The van der Waals surface area contributed by atoms with Crippen molar-refractivity contribution in [1.29, 1.82) is 0 Å². The molecule has 2 N–H and O–H groups in total. The molecule has 8 nitrogen and oxygen atoms in total. The van der Waals surface area contributed by atoms with E-state index in [0.717, 1.165) is 22.3 Å². The van der Waals surface area contributed by atoms with Crippen molar-refractivity contribution in [3.8, 4) is 0 Å². The van der Waals surface area contributed by atoms with E-state index < -0.39 is 11.4 Å². The Kier molecular flexibility index (Phi) is 6.97. The smallest absolute Gasteiger partial charge is 0.276 e. The summed E-state index contributed by atoms with van der Waals surface area (Å²) in [6, 6.07) is 13.7. The molecule has 0 fully saturated rings. The van der Waals surface area contributed by atoms with Crippen LogP contribution in [-0.4, -0.2) is 44.3 Å². The molecule has 0 radical (unpaired) electrons. The second kappa shape index (κ2) is 9.97. The normalized spacial score (nSPS) is 17.0. The Hall–Kier alpha value is -3.94. The van der Waals surface area contributed by atoms with Crippen LogP contribution in [0.2, 0.25) is 0 Å². The molecule has 36 heavy (non-hydrogen) atoms. The average molecular weight is 488 g/mol. The molecule has 2 aromatic carbocycles. The minimum Gasteiger partial charge on any atom is -0.350 e. The van der Waals surface area contributed by atoms with E-state index >= 15 is 0 Å². The number of para-hydroxylation sites is 1. The monoisotopic (exact) mass is 487 g/mol. The Bertz CT molecular complexity index is 1290. The van der Waals surface area contributed by atoms with Crippen LogP contribution in [0.1, 0.15) is 63.5 Å². The number of nitrogens with one attached hydrogen (secondary N) is 2. The molecule has 3 amide bonds. The van der Waals surface area contributed by atoms with Gasteiger partial charge < -0.3 is 20.1 Å². The van der Waals surface area contributed by atoms with Crippen LogP contribution in [0, 0.1) is 20.8 Å². The molecule has 0 bridgehead atoms. The zero-order chi connectivity index (χ0) is 26.0. The van der Waals surface area contributed by atoms with Crippen LogP contribution < -0.4 is 10.6 Å². The maximum atomic E-state index is 13.7. The fourth-order valence-electron chi connectivity index (χ4n) is 4.69. The molecule has 0 spiro atoms. The molecule has 1 aliphatic rings. The lowest BCUT2D eigenvalue weighted by Gasteiger charge is -2.43. The standard InChI is InChI=1S/C28H33N5O3/c1-6-14-33-26(35)24-23(25(34)31-22-19(3)8-7-9-20(22)4)30-17-32(24)16-28(33,5)27(36)29-15-21-12-10-18(2)11-13-21/h7-13,17H,6,14-16H2,1-5H3,(H,29,36)(H,31,34)/t28-/m1/s1. The number of nitrogens with zero attached hydrogens (tertiary/aromatic N) is 3. The summed E-state index contributed by atoms with van der Waals surface area (Å²) in [6.07, 6.45) is 2.15. The van der Waals surface area contributed by atoms with Crippen molar-refractivity contribution in [3.05, 3.63) is 82.4 Å². The maximum Gasteiger partial charge on any atom is 0.276 e. The molecule has 0 aliphatic carbocycles. The van der Waals surface area contributed by atoms with Crippen LogP contribution in [-0.2, 0) is 17.9 Å². The van der Waals surface area contributed by atoms with Gasteiger partial charge in [0.1, 0.15) is 11.2 Å². The number of fused-ring (bicyclic) bond motifs is 1. The van der Waals surface area contributed by atoms with E-state index in [2.05, 4.69) is 15.6 Å². The highest BCUT2D eigenvalue weighted by molar-refractivity contribution is 6.12. The Morgan fingerprint density at radius 2 is 1.72 bits per heavy atom. The number of aryl methyl sites for hydroxylation is 3. The summed E-state index contributed by atoms with van der Waals surface area (Å²) >= 11 is 0. The van der Waals surface area contributed by atoms with E-state index in [0.29, 0.717) is 25.2 Å².